The minimum Gasteiger partial charge on any atom is -0.298 e. The first-order valence-corrected chi connectivity index (χ1v) is 6.46. The van der Waals surface area contributed by atoms with Gasteiger partial charge in [-0.05, 0) is 18.2 Å². The van der Waals surface area contributed by atoms with E-state index in [2.05, 4.69) is 10.3 Å². The maximum absolute atomic E-state index is 11.9. The molecule has 0 unspecified atom stereocenters. The molecule has 0 atom stereocenters. The van der Waals surface area contributed by atoms with Crippen molar-refractivity contribution >= 4 is 34.0 Å². The largest absolute Gasteiger partial charge is 0.298 e. The van der Waals surface area contributed by atoms with Crippen molar-refractivity contribution < 1.29 is 4.79 Å². The van der Waals surface area contributed by atoms with Crippen molar-refractivity contribution in [3.05, 3.63) is 46.5 Å². The number of nitrogens with one attached hydrogen (secondary N) is 1. The van der Waals surface area contributed by atoms with E-state index in [-0.39, 0.29) is 5.91 Å². The fourth-order valence-corrected chi connectivity index (χ4v) is 2.26. The average Bonchev–Trinajstić information content (AvgIpc) is 2.86. The van der Waals surface area contributed by atoms with E-state index < -0.39 is 0 Å². The smallest absolute Gasteiger partial charge is 0.257 e. The lowest BCUT2D eigenvalue weighted by Crippen LogP contribution is -2.11. The van der Waals surface area contributed by atoms with Crippen LogP contribution < -0.4 is 5.32 Å². The van der Waals surface area contributed by atoms with Crippen LogP contribution in [0, 0.1) is 11.3 Å². The van der Waals surface area contributed by atoms with Crippen molar-refractivity contribution in [3.8, 4) is 6.07 Å². The van der Waals surface area contributed by atoms with Crippen molar-refractivity contribution in [2.75, 3.05) is 5.32 Å². The van der Waals surface area contributed by atoms with E-state index in [1.54, 1.807) is 23.6 Å². The number of hydrogen-bond acceptors (Lipinski definition) is 4. The van der Waals surface area contributed by atoms with Gasteiger partial charge in [0.2, 0.25) is 0 Å². The maximum atomic E-state index is 11.9. The maximum Gasteiger partial charge on any atom is 0.257 e. The molecule has 2 rings (SSSR count). The summed E-state index contributed by atoms with van der Waals surface area (Å²) >= 11 is 6.94. The summed E-state index contributed by atoms with van der Waals surface area (Å²) in [5, 5.41) is 13.7. The van der Waals surface area contributed by atoms with E-state index in [1.807, 2.05) is 6.07 Å². The quantitative estimate of drug-likeness (QED) is 0.877. The van der Waals surface area contributed by atoms with Crippen LogP contribution in [0.2, 0.25) is 0 Å². The zero-order valence-corrected chi connectivity index (χ0v) is 10.8. The number of alkyl halides is 1. The van der Waals surface area contributed by atoms with E-state index in [0.717, 1.165) is 5.69 Å². The van der Waals surface area contributed by atoms with Crippen molar-refractivity contribution in [3.63, 3.8) is 0 Å². The fraction of sp³-hybridized carbons (Fsp3) is 0.0833. The Morgan fingerprint density at radius 1 is 1.56 bits per heavy atom. The van der Waals surface area contributed by atoms with Crippen LogP contribution in [0.15, 0.2) is 29.6 Å². The molecule has 1 heterocycles. The predicted molar refractivity (Wildman–Crippen MR) is 70.8 cm³/mol. The Kier molecular flexibility index (Phi) is 3.92. The highest BCUT2D eigenvalue weighted by molar-refractivity contribution is 7.14. The zero-order valence-electron chi connectivity index (χ0n) is 9.18. The molecular weight excluding hydrogens is 270 g/mol. The van der Waals surface area contributed by atoms with Gasteiger partial charge in [-0.2, -0.15) is 5.26 Å². The van der Waals surface area contributed by atoms with E-state index >= 15 is 0 Å². The molecule has 4 nitrogen and oxygen atoms in total. The van der Waals surface area contributed by atoms with Gasteiger partial charge in [0.25, 0.3) is 5.91 Å². The first kappa shape index (κ1) is 12.6. The molecular formula is C12H8ClN3OS. The number of rotatable bonds is 3. The summed E-state index contributed by atoms with van der Waals surface area (Å²) in [6.45, 7) is 0. The summed E-state index contributed by atoms with van der Waals surface area (Å²) in [5.74, 6) is 0.0265. The second-order valence-electron chi connectivity index (χ2n) is 3.42. The normalized spacial score (nSPS) is 9.78. The topological polar surface area (TPSA) is 65.8 Å². The number of hydrogen-bond donors (Lipinski definition) is 1. The van der Waals surface area contributed by atoms with Gasteiger partial charge in [0, 0.05) is 10.9 Å². The lowest BCUT2D eigenvalue weighted by atomic mass is 10.1. The van der Waals surface area contributed by atoms with Crippen LogP contribution in [0.1, 0.15) is 21.6 Å². The first-order valence-electron chi connectivity index (χ1n) is 5.05. The third-order valence-corrected chi connectivity index (χ3v) is 3.24. The molecule has 1 aromatic heterocycles. The summed E-state index contributed by atoms with van der Waals surface area (Å²) in [4.78, 5) is 16.0. The Hall–Kier alpha value is -1.90. The monoisotopic (exact) mass is 277 g/mol. The van der Waals surface area contributed by atoms with Gasteiger partial charge >= 0.3 is 0 Å². The molecule has 2 aromatic rings. The number of benzene rings is 1. The molecule has 0 fully saturated rings. The lowest BCUT2D eigenvalue weighted by molar-refractivity contribution is 0.102. The Morgan fingerprint density at radius 3 is 3.06 bits per heavy atom. The Labute approximate surface area is 113 Å². The Morgan fingerprint density at radius 2 is 2.39 bits per heavy atom. The highest BCUT2D eigenvalue weighted by atomic mass is 35.5. The zero-order chi connectivity index (χ0) is 13.0. The van der Waals surface area contributed by atoms with Crippen molar-refractivity contribution in [1.82, 2.24) is 4.98 Å². The molecule has 90 valence electrons. The van der Waals surface area contributed by atoms with Crippen LogP contribution in [0.25, 0.3) is 0 Å². The molecule has 0 saturated heterocycles. The number of carbonyl (C=O) groups is 1. The number of halogens is 1. The number of carbonyl (C=O) groups excluding carboxylic acids is 1. The number of thiazole rings is 1. The van der Waals surface area contributed by atoms with Gasteiger partial charge in [0.1, 0.15) is 0 Å². The molecule has 0 aliphatic rings. The average molecular weight is 278 g/mol. The standard InChI is InChI=1S/C12H8ClN3OS/c13-5-10-7-18-12(15-10)16-11(17)9-3-1-2-8(4-9)6-14/h1-4,7H,5H2,(H,15,16,17). The van der Waals surface area contributed by atoms with E-state index in [9.17, 15) is 4.79 Å². The van der Waals surface area contributed by atoms with Gasteiger partial charge in [0.15, 0.2) is 5.13 Å². The second kappa shape index (κ2) is 5.63. The summed E-state index contributed by atoms with van der Waals surface area (Å²) < 4.78 is 0. The summed E-state index contributed by atoms with van der Waals surface area (Å²) in [7, 11) is 0. The van der Waals surface area contributed by atoms with Crippen LogP contribution in [0.3, 0.4) is 0 Å². The molecule has 0 saturated carbocycles. The van der Waals surface area contributed by atoms with Gasteiger partial charge in [-0.1, -0.05) is 6.07 Å². The van der Waals surface area contributed by atoms with Crippen LogP contribution in [-0.2, 0) is 5.88 Å². The third-order valence-electron chi connectivity index (χ3n) is 2.16. The minimum absolute atomic E-state index is 0.289. The second-order valence-corrected chi connectivity index (χ2v) is 4.55. The fourth-order valence-electron chi connectivity index (χ4n) is 1.33. The summed E-state index contributed by atoms with van der Waals surface area (Å²) in [6.07, 6.45) is 0. The molecule has 0 aliphatic carbocycles. The van der Waals surface area contributed by atoms with E-state index in [1.165, 1.54) is 17.4 Å². The number of nitriles is 1. The van der Waals surface area contributed by atoms with Crippen LogP contribution in [0.5, 0.6) is 0 Å². The van der Waals surface area contributed by atoms with Gasteiger partial charge in [-0.3, -0.25) is 10.1 Å². The highest BCUT2D eigenvalue weighted by Gasteiger charge is 2.09. The first-order chi connectivity index (χ1) is 8.72. The van der Waals surface area contributed by atoms with Crippen molar-refractivity contribution in [1.29, 1.82) is 5.26 Å². The van der Waals surface area contributed by atoms with Crippen LogP contribution in [-0.4, -0.2) is 10.9 Å². The molecule has 1 aromatic carbocycles. The number of anilines is 1. The Bertz CT molecular complexity index is 618. The van der Waals surface area contributed by atoms with Crippen LogP contribution in [0.4, 0.5) is 5.13 Å². The number of amides is 1. The highest BCUT2D eigenvalue weighted by Crippen LogP contribution is 2.17. The van der Waals surface area contributed by atoms with Gasteiger partial charge in [-0.25, -0.2) is 4.98 Å². The van der Waals surface area contributed by atoms with Crippen molar-refractivity contribution in [2.45, 2.75) is 5.88 Å². The molecule has 1 amide bonds. The summed E-state index contributed by atoms with van der Waals surface area (Å²) in [6, 6.07) is 8.48. The number of nitrogens with zero attached hydrogens (tertiary/aromatic N) is 2. The molecule has 1 N–H and O–H groups in total. The molecule has 0 aliphatic heterocycles. The summed E-state index contributed by atoms with van der Waals surface area (Å²) in [5.41, 5.74) is 1.60. The molecule has 0 radical (unpaired) electrons. The van der Waals surface area contributed by atoms with Gasteiger partial charge < -0.3 is 0 Å². The van der Waals surface area contributed by atoms with E-state index in [4.69, 9.17) is 16.9 Å². The van der Waals surface area contributed by atoms with Crippen molar-refractivity contribution in [2.24, 2.45) is 0 Å². The Balaban J connectivity index is 2.14. The van der Waals surface area contributed by atoms with E-state index in [0.29, 0.717) is 22.1 Å². The molecule has 18 heavy (non-hydrogen) atoms. The SMILES string of the molecule is N#Cc1cccc(C(=O)Nc2nc(CCl)cs2)c1. The van der Waals surface area contributed by atoms with Crippen LogP contribution >= 0.6 is 22.9 Å². The minimum atomic E-state index is -0.289. The number of aromatic nitrogens is 1. The third kappa shape index (κ3) is 2.86. The molecule has 0 spiro atoms. The van der Waals surface area contributed by atoms with Gasteiger partial charge in [-0.15, -0.1) is 22.9 Å². The molecule has 6 heteroatoms. The lowest BCUT2D eigenvalue weighted by Gasteiger charge is -2.01. The van der Waals surface area contributed by atoms with Gasteiger partial charge in [0.05, 0.1) is 23.2 Å². The molecule has 0 bridgehead atoms. The predicted octanol–water partition coefficient (Wildman–Crippen LogP) is 3.01.